The molecule has 0 spiro atoms. The van der Waals surface area contributed by atoms with E-state index in [9.17, 15) is 4.79 Å². The normalized spacial score (nSPS) is 18.7. The van der Waals surface area contributed by atoms with Crippen molar-refractivity contribution < 1.29 is 4.79 Å². The lowest BCUT2D eigenvalue weighted by molar-refractivity contribution is -0.128. The van der Waals surface area contributed by atoms with Gasteiger partial charge in [0.05, 0.1) is 0 Å². The highest BCUT2D eigenvalue weighted by Gasteiger charge is 2.16. The quantitative estimate of drug-likeness (QED) is 0.907. The second kappa shape index (κ2) is 6.14. The van der Waals surface area contributed by atoms with Crippen LogP contribution in [-0.4, -0.2) is 35.4 Å². The molecule has 3 nitrogen and oxygen atoms in total. The van der Waals surface area contributed by atoms with E-state index in [1.165, 1.54) is 23.5 Å². The van der Waals surface area contributed by atoms with Gasteiger partial charge < -0.3 is 10.2 Å². The van der Waals surface area contributed by atoms with Gasteiger partial charge in [0.2, 0.25) is 5.91 Å². The van der Waals surface area contributed by atoms with Crippen molar-refractivity contribution in [2.75, 3.05) is 23.9 Å². The molecule has 1 fully saturated rings. The Kier molecular flexibility index (Phi) is 4.53. The molecule has 1 aromatic rings. The van der Waals surface area contributed by atoms with Crippen LogP contribution < -0.4 is 5.32 Å². The standard InChI is InChI=1S/C14H20N2OS/c1-11(17)16(2)9-12-5-3-4-6-14(12)15-13-7-8-18-10-13/h3-6,13,15H,7-10H2,1-2H3. The number of nitrogens with zero attached hydrogens (tertiary/aromatic N) is 1. The summed E-state index contributed by atoms with van der Waals surface area (Å²) in [6.45, 7) is 2.27. The van der Waals surface area contributed by atoms with Crippen molar-refractivity contribution in [2.24, 2.45) is 0 Å². The maximum atomic E-state index is 11.3. The van der Waals surface area contributed by atoms with Gasteiger partial charge in [0.25, 0.3) is 0 Å². The summed E-state index contributed by atoms with van der Waals surface area (Å²) >= 11 is 2.00. The van der Waals surface area contributed by atoms with Crippen molar-refractivity contribution >= 4 is 23.4 Å². The Hall–Kier alpha value is -1.16. The van der Waals surface area contributed by atoms with Gasteiger partial charge in [-0.25, -0.2) is 0 Å². The number of anilines is 1. The number of benzene rings is 1. The maximum Gasteiger partial charge on any atom is 0.219 e. The summed E-state index contributed by atoms with van der Waals surface area (Å²) in [5.74, 6) is 2.52. The zero-order chi connectivity index (χ0) is 13.0. The number of hydrogen-bond acceptors (Lipinski definition) is 3. The number of carbonyl (C=O) groups excluding carboxylic acids is 1. The Bertz CT molecular complexity index is 416. The molecule has 18 heavy (non-hydrogen) atoms. The van der Waals surface area contributed by atoms with E-state index in [4.69, 9.17) is 0 Å². The highest BCUT2D eigenvalue weighted by Crippen LogP contribution is 2.24. The summed E-state index contributed by atoms with van der Waals surface area (Å²) in [6.07, 6.45) is 1.22. The lowest BCUT2D eigenvalue weighted by atomic mass is 10.1. The Morgan fingerprint density at radius 1 is 1.50 bits per heavy atom. The number of para-hydroxylation sites is 1. The van der Waals surface area contributed by atoms with Crippen molar-refractivity contribution in [3.05, 3.63) is 29.8 Å². The number of hydrogen-bond donors (Lipinski definition) is 1. The summed E-state index contributed by atoms with van der Waals surface area (Å²) in [7, 11) is 1.84. The number of thioether (sulfide) groups is 1. The largest absolute Gasteiger partial charge is 0.381 e. The smallest absolute Gasteiger partial charge is 0.219 e. The molecule has 0 saturated carbocycles. The van der Waals surface area contributed by atoms with Crippen molar-refractivity contribution in [1.29, 1.82) is 0 Å². The molecule has 2 rings (SSSR count). The molecular formula is C14H20N2OS. The SMILES string of the molecule is CC(=O)N(C)Cc1ccccc1NC1CCSC1. The van der Waals surface area contributed by atoms with Crippen LogP contribution in [0, 0.1) is 0 Å². The van der Waals surface area contributed by atoms with Crippen LogP contribution in [0.15, 0.2) is 24.3 Å². The minimum absolute atomic E-state index is 0.0984. The van der Waals surface area contributed by atoms with Crippen LogP contribution in [-0.2, 0) is 11.3 Å². The second-order valence-electron chi connectivity index (χ2n) is 4.74. The second-order valence-corrected chi connectivity index (χ2v) is 5.89. The molecule has 1 aliphatic rings. The maximum absolute atomic E-state index is 11.3. The minimum Gasteiger partial charge on any atom is -0.381 e. The Morgan fingerprint density at radius 3 is 2.94 bits per heavy atom. The van der Waals surface area contributed by atoms with Gasteiger partial charge >= 0.3 is 0 Å². The fourth-order valence-corrected chi connectivity index (χ4v) is 3.19. The summed E-state index contributed by atoms with van der Waals surface area (Å²) in [5, 5.41) is 3.59. The molecule has 1 aromatic carbocycles. The molecule has 0 bridgehead atoms. The van der Waals surface area contributed by atoms with Gasteiger partial charge in [-0.3, -0.25) is 4.79 Å². The van der Waals surface area contributed by atoms with E-state index in [-0.39, 0.29) is 5.91 Å². The van der Waals surface area contributed by atoms with E-state index >= 15 is 0 Å². The fourth-order valence-electron chi connectivity index (χ4n) is 2.03. The fraction of sp³-hybridized carbons (Fsp3) is 0.500. The zero-order valence-corrected chi connectivity index (χ0v) is 11.8. The van der Waals surface area contributed by atoms with E-state index in [1.54, 1.807) is 11.8 Å². The number of amides is 1. The zero-order valence-electron chi connectivity index (χ0n) is 11.0. The summed E-state index contributed by atoms with van der Waals surface area (Å²) in [4.78, 5) is 13.0. The first-order chi connectivity index (χ1) is 8.66. The molecule has 0 aromatic heterocycles. The van der Waals surface area contributed by atoms with Gasteiger partial charge in [-0.05, 0) is 23.8 Å². The van der Waals surface area contributed by atoms with E-state index in [0.717, 1.165) is 5.69 Å². The molecule has 1 saturated heterocycles. The van der Waals surface area contributed by atoms with Gasteiger partial charge in [0.15, 0.2) is 0 Å². The predicted molar refractivity (Wildman–Crippen MR) is 77.9 cm³/mol. The van der Waals surface area contributed by atoms with Crippen LogP contribution in [0.5, 0.6) is 0 Å². The van der Waals surface area contributed by atoms with Crippen LogP contribution in [0.1, 0.15) is 18.9 Å². The van der Waals surface area contributed by atoms with Gasteiger partial charge in [0, 0.05) is 38.0 Å². The van der Waals surface area contributed by atoms with Crippen molar-refractivity contribution in [3.63, 3.8) is 0 Å². The Labute approximate surface area is 113 Å². The Morgan fingerprint density at radius 2 is 2.28 bits per heavy atom. The molecule has 1 unspecified atom stereocenters. The van der Waals surface area contributed by atoms with Gasteiger partial charge in [-0.2, -0.15) is 11.8 Å². The molecule has 0 aliphatic carbocycles. The summed E-state index contributed by atoms with van der Waals surface area (Å²) in [5.41, 5.74) is 2.35. The van der Waals surface area contributed by atoms with Crippen LogP contribution in [0.4, 0.5) is 5.69 Å². The summed E-state index contributed by atoms with van der Waals surface area (Å²) < 4.78 is 0. The molecule has 4 heteroatoms. The molecule has 1 N–H and O–H groups in total. The van der Waals surface area contributed by atoms with Gasteiger partial charge in [0.1, 0.15) is 0 Å². The monoisotopic (exact) mass is 264 g/mol. The molecule has 1 aliphatic heterocycles. The van der Waals surface area contributed by atoms with E-state index in [1.807, 2.05) is 30.9 Å². The van der Waals surface area contributed by atoms with Crippen molar-refractivity contribution in [1.82, 2.24) is 4.90 Å². The molecular weight excluding hydrogens is 244 g/mol. The number of rotatable bonds is 4. The first kappa shape index (κ1) is 13.3. The van der Waals surface area contributed by atoms with Crippen molar-refractivity contribution in [2.45, 2.75) is 25.9 Å². The average Bonchev–Trinajstić information content (AvgIpc) is 2.84. The number of carbonyl (C=O) groups is 1. The third-order valence-corrected chi connectivity index (χ3v) is 4.41. The van der Waals surface area contributed by atoms with E-state index < -0.39 is 0 Å². The third kappa shape index (κ3) is 3.42. The lowest BCUT2D eigenvalue weighted by Crippen LogP contribution is -2.25. The first-order valence-electron chi connectivity index (χ1n) is 6.30. The van der Waals surface area contributed by atoms with Crippen LogP contribution in [0.2, 0.25) is 0 Å². The minimum atomic E-state index is 0.0984. The Balaban J connectivity index is 2.06. The highest BCUT2D eigenvalue weighted by molar-refractivity contribution is 7.99. The highest BCUT2D eigenvalue weighted by atomic mass is 32.2. The van der Waals surface area contributed by atoms with E-state index in [0.29, 0.717) is 12.6 Å². The molecule has 1 heterocycles. The molecule has 0 radical (unpaired) electrons. The predicted octanol–water partition coefficient (Wildman–Crippen LogP) is 2.58. The first-order valence-corrected chi connectivity index (χ1v) is 7.46. The average molecular weight is 264 g/mol. The third-order valence-electron chi connectivity index (χ3n) is 3.25. The number of nitrogens with one attached hydrogen (secondary N) is 1. The van der Waals surface area contributed by atoms with E-state index in [2.05, 4.69) is 17.4 Å². The lowest BCUT2D eigenvalue weighted by Gasteiger charge is -2.20. The van der Waals surface area contributed by atoms with Crippen molar-refractivity contribution in [3.8, 4) is 0 Å². The molecule has 1 amide bonds. The molecule has 1 atom stereocenters. The van der Waals surface area contributed by atoms with Crippen LogP contribution in [0.25, 0.3) is 0 Å². The van der Waals surface area contributed by atoms with Gasteiger partial charge in [-0.1, -0.05) is 18.2 Å². The topological polar surface area (TPSA) is 32.3 Å². The van der Waals surface area contributed by atoms with Gasteiger partial charge in [-0.15, -0.1) is 0 Å². The molecule has 98 valence electrons. The summed E-state index contributed by atoms with van der Waals surface area (Å²) in [6, 6.07) is 8.83. The van der Waals surface area contributed by atoms with Crippen LogP contribution in [0.3, 0.4) is 0 Å². The van der Waals surface area contributed by atoms with Crippen LogP contribution >= 0.6 is 11.8 Å².